The van der Waals surface area contributed by atoms with Crippen molar-refractivity contribution < 1.29 is 0 Å². The number of aryl methyl sites for hydroxylation is 1. The molecule has 0 saturated carbocycles. The van der Waals surface area contributed by atoms with Gasteiger partial charge >= 0.3 is 0 Å². The summed E-state index contributed by atoms with van der Waals surface area (Å²) in [6.45, 7) is 2.10. The van der Waals surface area contributed by atoms with E-state index >= 15 is 0 Å². The quantitative estimate of drug-likeness (QED) is 0.430. The van der Waals surface area contributed by atoms with E-state index in [0.717, 1.165) is 44.7 Å². The van der Waals surface area contributed by atoms with E-state index in [4.69, 9.17) is 4.98 Å². The van der Waals surface area contributed by atoms with Crippen molar-refractivity contribution in [1.82, 2.24) is 15.0 Å². The van der Waals surface area contributed by atoms with Crippen LogP contribution in [0.5, 0.6) is 0 Å². The van der Waals surface area contributed by atoms with Crippen LogP contribution in [-0.2, 0) is 0 Å². The Morgan fingerprint density at radius 3 is 2.63 bits per heavy atom. The molecule has 5 rings (SSSR count). The van der Waals surface area contributed by atoms with Gasteiger partial charge in [0.1, 0.15) is 5.82 Å². The molecule has 3 aromatic carbocycles. The Bertz CT molecular complexity index is 1260. The summed E-state index contributed by atoms with van der Waals surface area (Å²) < 4.78 is 0. The largest absolute Gasteiger partial charge is 0.355 e. The highest BCUT2D eigenvalue weighted by Crippen LogP contribution is 2.28. The zero-order chi connectivity index (χ0) is 18.2. The Hall–Kier alpha value is -3.66. The first-order valence-electron chi connectivity index (χ1n) is 8.94. The Morgan fingerprint density at radius 2 is 1.70 bits per heavy atom. The first kappa shape index (κ1) is 15.6. The molecule has 130 valence electrons. The van der Waals surface area contributed by atoms with Gasteiger partial charge in [0, 0.05) is 28.5 Å². The number of H-pyrrole nitrogens is 1. The van der Waals surface area contributed by atoms with Crippen LogP contribution in [0.15, 0.2) is 79.0 Å². The number of fused-ring (bicyclic) bond motifs is 2. The number of rotatable bonds is 3. The standard InChI is InChI=1S/C23H18N4/c1-15-6-2-3-7-17(15)23-26-21-11-10-16(14-22(21)27-23)25-20-12-13-24-19-9-5-4-8-18(19)20/h2-14H,1H3,(H,24,25)(H,26,27). The van der Waals surface area contributed by atoms with Gasteiger partial charge in [0.15, 0.2) is 0 Å². The van der Waals surface area contributed by atoms with E-state index < -0.39 is 0 Å². The number of pyridine rings is 1. The number of aromatic amines is 1. The second-order valence-electron chi connectivity index (χ2n) is 6.63. The molecule has 0 aliphatic heterocycles. The van der Waals surface area contributed by atoms with Crippen molar-refractivity contribution in [1.29, 1.82) is 0 Å². The predicted molar refractivity (Wildman–Crippen MR) is 111 cm³/mol. The molecule has 0 fully saturated rings. The van der Waals surface area contributed by atoms with Crippen LogP contribution < -0.4 is 5.32 Å². The first-order chi connectivity index (χ1) is 13.3. The van der Waals surface area contributed by atoms with Crippen molar-refractivity contribution in [2.45, 2.75) is 6.92 Å². The molecule has 0 aliphatic carbocycles. The molecule has 0 amide bonds. The third-order valence-electron chi connectivity index (χ3n) is 4.81. The Morgan fingerprint density at radius 1 is 0.852 bits per heavy atom. The maximum atomic E-state index is 4.75. The normalized spacial score (nSPS) is 11.1. The Kier molecular flexibility index (Phi) is 3.61. The minimum absolute atomic E-state index is 0.898. The number of hydrogen-bond donors (Lipinski definition) is 2. The van der Waals surface area contributed by atoms with Gasteiger partial charge in [0.05, 0.1) is 16.6 Å². The lowest BCUT2D eigenvalue weighted by Gasteiger charge is -2.09. The predicted octanol–water partition coefficient (Wildman–Crippen LogP) is 5.83. The average Bonchev–Trinajstić information content (AvgIpc) is 3.12. The lowest BCUT2D eigenvalue weighted by molar-refractivity contribution is 1.31. The highest BCUT2D eigenvalue weighted by atomic mass is 14.9. The van der Waals surface area contributed by atoms with Gasteiger partial charge in [-0.05, 0) is 42.8 Å². The van der Waals surface area contributed by atoms with E-state index in [1.807, 2.05) is 48.7 Å². The van der Waals surface area contributed by atoms with Gasteiger partial charge < -0.3 is 10.3 Å². The van der Waals surface area contributed by atoms with Crippen LogP contribution >= 0.6 is 0 Å². The second-order valence-corrected chi connectivity index (χ2v) is 6.63. The number of nitrogens with zero attached hydrogens (tertiary/aromatic N) is 2. The summed E-state index contributed by atoms with van der Waals surface area (Å²) >= 11 is 0. The van der Waals surface area contributed by atoms with Crippen molar-refractivity contribution >= 4 is 33.3 Å². The summed E-state index contributed by atoms with van der Waals surface area (Å²) in [4.78, 5) is 12.6. The molecule has 2 N–H and O–H groups in total. The molecule has 4 nitrogen and oxygen atoms in total. The van der Waals surface area contributed by atoms with Gasteiger partial charge in [-0.2, -0.15) is 0 Å². The van der Waals surface area contributed by atoms with Crippen LogP contribution in [0.1, 0.15) is 5.56 Å². The van der Waals surface area contributed by atoms with Crippen LogP contribution in [-0.4, -0.2) is 15.0 Å². The smallest absolute Gasteiger partial charge is 0.138 e. The average molecular weight is 350 g/mol. The molecule has 0 unspecified atom stereocenters. The van der Waals surface area contributed by atoms with E-state index in [0.29, 0.717) is 0 Å². The van der Waals surface area contributed by atoms with Crippen molar-refractivity contribution in [3.63, 3.8) is 0 Å². The van der Waals surface area contributed by atoms with Crippen molar-refractivity contribution in [2.75, 3.05) is 5.32 Å². The number of hydrogen-bond acceptors (Lipinski definition) is 3. The summed E-state index contributed by atoms with van der Waals surface area (Å²) in [6, 6.07) is 24.6. The fourth-order valence-corrected chi connectivity index (χ4v) is 3.41. The summed E-state index contributed by atoms with van der Waals surface area (Å²) in [6.07, 6.45) is 1.83. The zero-order valence-electron chi connectivity index (χ0n) is 14.9. The van der Waals surface area contributed by atoms with Gasteiger partial charge in [-0.3, -0.25) is 4.98 Å². The molecule has 0 aliphatic rings. The molecule has 2 heterocycles. The van der Waals surface area contributed by atoms with E-state index in [-0.39, 0.29) is 0 Å². The third-order valence-corrected chi connectivity index (χ3v) is 4.81. The maximum absolute atomic E-state index is 4.75. The summed E-state index contributed by atoms with van der Waals surface area (Å²) in [5, 5.41) is 4.61. The third kappa shape index (κ3) is 2.81. The number of aromatic nitrogens is 3. The molecule has 27 heavy (non-hydrogen) atoms. The van der Waals surface area contributed by atoms with Crippen LogP contribution in [0.25, 0.3) is 33.3 Å². The lowest BCUT2D eigenvalue weighted by Crippen LogP contribution is -1.92. The minimum atomic E-state index is 0.898. The number of anilines is 2. The molecule has 0 saturated heterocycles. The fraction of sp³-hybridized carbons (Fsp3) is 0.0435. The van der Waals surface area contributed by atoms with Crippen molar-refractivity contribution in [3.8, 4) is 11.4 Å². The Labute approximate surface area is 156 Å². The second kappa shape index (κ2) is 6.25. The highest BCUT2D eigenvalue weighted by molar-refractivity contribution is 5.93. The lowest BCUT2D eigenvalue weighted by atomic mass is 10.1. The summed E-state index contributed by atoms with van der Waals surface area (Å²) in [7, 11) is 0. The number of para-hydroxylation sites is 1. The SMILES string of the molecule is Cc1ccccc1-c1nc2ccc(Nc3ccnc4ccccc34)cc2[nH]1. The van der Waals surface area contributed by atoms with Gasteiger partial charge in [0.25, 0.3) is 0 Å². The molecule has 4 heteroatoms. The van der Waals surface area contributed by atoms with Gasteiger partial charge in [-0.1, -0.05) is 42.5 Å². The van der Waals surface area contributed by atoms with Gasteiger partial charge in [-0.25, -0.2) is 4.98 Å². The Balaban J connectivity index is 1.54. The molecule has 0 radical (unpaired) electrons. The summed E-state index contributed by atoms with van der Waals surface area (Å²) in [5.74, 6) is 0.898. The topological polar surface area (TPSA) is 53.6 Å². The molecule has 5 aromatic rings. The highest BCUT2D eigenvalue weighted by Gasteiger charge is 2.09. The summed E-state index contributed by atoms with van der Waals surface area (Å²) in [5.41, 5.74) is 7.33. The van der Waals surface area contributed by atoms with Gasteiger partial charge in [0.2, 0.25) is 0 Å². The minimum Gasteiger partial charge on any atom is -0.355 e. The monoisotopic (exact) mass is 350 g/mol. The van der Waals surface area contributed by atoms with E-state index in [9.17, 15) is 0 Å². The number of benzene rings is 3. The molecule has 0 bridgehead atoms. The van der Waals surface area contributed by atoms with E-state index in [1.54, 1.807) is 0 Å². The van der Waals surface area contributed by atoms with E-state index in [2.05, 4.69) is 52.5 Å². The van der Waals surface area contributed by atoms with Crippen molar-refractivity contribution in [3.05, 3.63) is 84.6 Å². The van der Waals surface area contributed by atoms with Gasteiger partial charge in [-0.15, -0.1) is 0 Å². The van der Waals surface area contributed by atoms with Crippen LogP contribution in [0.4, 0.5) is 11.4 Å². The number of nitrogens with one attached hydrogen (secondary N) is 2. The molecule has 0 spiro atoms. The van der Waals surface area contributed by atoms with Crippen molar-refractivity contribution in [2.24, 2.45) is 0 Å². The fourth-order valence-electron chi connectivity index (χ4n) is 3.41. The molecular weight excluding hydrogens is 332 g/mol. The van der Waals surface area contributed by atoms with Crippen LogP contribution in [0, 0.1) is 6.92 Å². The molecular formula is C23H18N4. The first-order valence-corrected chi connectivity index (χ1v) is 8.94. The number of imidazole rings is 1. The molecule has 0 atom stereocenters. The maximum Gasteiger partial charge on any atom is 0.138 e. The molecule has 2 aromatic heterocycles. The van der Waals surface area contributed by atoms with E-state index in [1.165, 1.54) is 5.56 Å². The zero-order valence-corrected chi connectivity index (χ0v) is 14.9. The van der Waals surface area contributed by atoms with Crippen LogP contribution in [0.3, 0.4) is 0 Å². The van der Waals surface area contributed by atoms with Crippen LogP contribution in [0.2, 0.25) is 0 Å².